The van der Waals surface area contributed by atoms with E-state index >= 15 is 0 Å². The molecule has 0 rings (SSSR count). The van der Waals surface area contributed by atoms with Gasteiger partial charge < -0.3 is 0 Å². The smallest absolute Gasteiger partial charge is 0.0300 e. The monoisotopic (exact) mass is 142 g/mol. The third-order valence-corrected chi connectivity index (χ3v) is 3.42. The molecule has 0 aromatic carbocycles. The lowest BCUT2D eigenvalue weighted by Crippen LogP contribution is -2.05. The Hall–Kier alpha value is -0.0431. The van der Waals surface area contributed by atoms with Crippen molar-refractivity contribution in [1.82, 2.24) is 0 Å². The van der Waals surface area contributed by atoms with Crippen LogP contribution in [0.5, 0.6) is 0 Å². The summed E-state index contributed by atoms with van der Waals surface area (Å²) in [5.41, 5.74) is 0. The maximum Gasteiger partial charge on any atom is 0.0300 e. The van der Waals surface area contributed by atoms with Gasteiger partial charge in [-0.1, -0.05) is 32.9 Å². The second-order valence-corrected chi connectivity index (χ2v) is 6.87. The van der Waals surface area contributed by atoms with Gasteiger partial charge in [-0.05, 0) is 18.0 Å². The fourth-order valence-corrected chi connectivity index (χ4v) is 2.05. The molecule has 0 aliphatic rings. The first kappa shape index (κ1) is 8.96. The molecule has 0 atom stereocenters. The van der Waals surface area contributed by atoms with Crippen molar-refractivity contribution >= 4 is 9.52 Å². The van der Waals surface area contributed by atoms with E-state index in [-0.39, 0.29) is 9.52 Å². The van der Waals surface area contributed by atoms with Crippen molar-refractivity contribution in [3.8, 4) is 0 Å². The van der Waals surface area contributed by atoms with Gasteiger partial charge in [0.15, 0.2) is 0 Å². The normalized spacial score (nSPS) is 14.2. The van der Waals surface area contributed by atoms with Gasteiger partial charge in [-0.2, -0.15) is 0 Å². The van der Waals surface area contributed by atoms with E-state index in [1.54, 1.807) is 0 Å². The van der Waals surface area contributed by atoms with Crippen molar-refractivity contribution in [2.75, 3.05) is 0 Å². The summed E-state index contributed by atoms with van der Waals surface area (Å²) in [5, 5.41) is 0.638. The predicted molar refractivity (Wildman–Crippen MR) is 47.9 cm³/mol. The SMILES string of the molecule is CC=CC[SiH2]C(C)(C)C. The highest BCUT2D eigenvalue weighted by molar-refractivity contribution is 6.40. The van der Waals surface area contributed by atoms with Gasteiger partial charge in [0.05, 0.1) is 0 Å². The maximum absolute atomic E-state index is 2.34. The van der Waals surface area contributed by atoms with Crippen molar-refractivity contribution in [3.05, 3.63) is 12.2 Å². The molecule has 1 heteroatoms. The average molecular weight is 142 g/mol. The molecule has 0 aliphatic heterocycles. The van der Waals surface area contributed by atoms with E-state index in [1.807, 2.05) is 0 Å². The molecule has 0 fully saturated rings. The first-order chi connectivity index (χ1) is 4.06. The molecule has 0 N–H and O–H groups in total. The van der Waals surface area contributed by atoms with E-state index in [0.717, 1.165) is 0 Å². The summed E-state index contributed by atoms with van der Waals surface area (Å²) in [6, 6.07) is 1.36. The predicted octanol–water partition coefficient (Wildman–Crippen LogP) is 2.37. The van der Waals surface area contributed by atoms with Gasteiger partial charge in [0.25, 0.3) is 0 Å². The molecule has 54 valence electrons. The molecule has 0 aromatic heterocycles. The Labute approximate surface area is 61.2 Å². The fourth-order valence-electron chi connectivity index (χ4n) is 0.683. The third kappa shape index (κ3) is 7.96. The van der Waals surface area contributed by atoms with E-state index in [4.69, 9.17) is 0 Å². The van der Waals surface area contributed by atoms with Crippen LogP contribution in [0.25, 0.3) is 0 Å². The van der Waals surface area contributed by atoms with Crippen LogP contribution in [0.1, 0.15) is 27.7 Å². The first-order valence-corrected chi connectivity index (χ1v) is 5.38. The van der Waals surface area contributed by atoms with Gasteiger partial charge in [0.1, 0.15) is 0 Å². The molecule has 0 spiro atoms. The fraction of sp³-hybridized carbons (Fsp3) is 0.750. The Morgan fingerprint density at radius 2 is 1.89 bits per heavy atom. The molecule has 0 unspecified atom stereocenters. The second kappa shape index (κ2) is 3.88. The van der Waals surface area contributed by atoms with Gasteiger partial charge in [-0.15, -0.1) is 0 Å². The van der Waals surface area contributed by atoms with Crippen molar-refractivity contribution < 1.29 is 0 Å². The van der Waals surface area contributed by atoms with Crippen molar-refractivity contribution in [2.24, 2.45) is 0 Å². The minimum atomic E-state index is 0.152. The van der Waals surface area contributed by atoms with Crippen molar-refractivity contribution in [2.45, 2.75) is 38.8 Å². The zero-order chi connectivity index (χ0) is 7.33. The summed E-state index contributed by atoms with van der Waals surface area (Å²) in [7, 11) is 0.152. The molecular weight excluding hydrogens is 124 g/mol. The lowest BCUT2D eigenvalue weighted by Gasteiger charge is -2.14. The summed E-state index contributed by atoms with van der Waals surface area (Å²) < 4.78 is 0. The highest BCUT2D eigenvalue weighted by Crippen LogP contribution is 2.21. The molecule has 0 aromatic rings. The van der Waals surface area contributed by atoms with Crippen LogP contribution in [0.4, 0.5) is 0 Å². The highest BCUT2D eigenvalue weighted by atomic mass is 28.2. The minimum absolute atomic E-state index is 0.152. The highest BCUT2D eigenvalue weighted by Gasteiger charge is 2.07. The summed E-state index contributed by atoms with van der Waals surface area (Å²) >= 11 is 0. The Balaban J connectivity index is 3.28. The van der Waals surface area contributed by atoms with E-state index < -0.39 is 0 Å². The molecule has 0 saturated carbocycles. The van der Waals surface area contributed by atoms with E-state index in [0.29, 0.717) is 5.04 Å². The lowest BCUT2D eigenvalue weighted by molar-refractivity contribution is 0.752. The summed E-state index contributed by atoms with van der Waals surface area (Å²) in [5.74, 6) is 0. The van der Waals surface area contributed by atoms with Crippen molar-refractivity contribution in [3.63, 3.8) is 0 Å². The van der Waals surface area contributed by atoms with Gasteiger partial charge in [-0.25, -0.2) is 0 Å². The molecule has 0 bridgehead atoms. The van der Waals surface area contributed by atoms with Crippen molar-refractivity contribution in [1.29, 1.82) is 0 Å². The number of hydrogen-bond donors (Lipinski definition) is 0. The summed E-state index contributed by atoms with van der Waals surface area (Å²) in [4.78, 5) is 0. The summed E-state index contributed by atoms with van der Waals surface area (Å²) in [6.45, 7) is 9.10. The van der Waals surface area contributed by atoms with E-state index in [1.165, 1.54) is 6.04 Å². The Morgan fingerprint density at radius 1 is 1.33 bits per heavy atom. The number of rotatable bonds is 2. The quantitative estimate of drug-likeness (QED) is 0.410. The Bertz CT molecular complexity index is 87.2. The van der Waals surface area contributed by atoms with E-state index in [2.05, 4.69) is 39.8 Å². The van der Waals surface area contributed by atoms with Crippen LogP contribution in [0.3, 0.4) is 0 Å². The standard InChI is InChI=1S/C8H18Si/c1-5-6-7-9-8(2,3)4/h5-6H,7,9H2,1-4H3. The van der Waals surface area contributed by atoms with Crippen LogP contribution >= 0.6 is 0 Å². The van der Waals surface area contributed by atoms with Crippen LogP contribution in [-0.4, -0.2) is 9.52 Å². The Kier molecular flexibility index (Phi) is 3.87. The van der Waals surface area contributed by atoms with Gasteiger partial charge in [0.2, 0.25) is 0 Å². The molecule has 0 nitrogen and oxygen atoms in total. The minimum Gasteiger partial charge on any atom is -0.0920 e. The topological polar surface area (TPSA) is 0 Å². The first-order valence-electron chi connectivity index (χ1n) is 3.67. The largest absolute Gasteiger partial charge is 0.0920 e. The zero-order valence-electron chi connectivity index (χ0n) is 7.07. The van der Waals surface area contributed by atoms with Crippen LogP contribution in [0, 0.1) is 0 Å². The molecule has 0 saturated heterocycles. The molecule has 9 heavy (non-hydrogen) atoms. The van der Waals surface area contributed by atoms with Crippen LogP contribution in [-0.2, 0) is 0 Å². The molecular formula is C8H18Si. The second-order valence-electron chi connectivity index (χ2n) is 3.67. The van der Waals surface area contributed by atoms with Crippen LogP contribution in [0.15, 0.2) is 12.2 Å². The molecule has 0 heterocycles. The molecule has 0 aliphatic carbocycles. The average Bonchev–Trinajstić information content (AvgIpc) is 1.63. The summed E-state index contributed by atoms with van der Waals surface area (Å²) in [6.07, 6.45) is 4.44. The maximum atomic E-state index is 2.34. The third-order valence-electron chi connectivity index (χ3n) is 1.30. The zero-order valence-corrected chi connectivity index (χ0v) is 8.48. The van der Waals surface area contributed by atoms with Crippen LogP contribution in [0.2, 0.25) is 11.1 Å². The molecule has 0 amide bonds. The Morgan fingerprint density at radius 3 is 2.22 bits per heavy atom. The molecule has 0 radical (unpaired) electrons. The van der Waals surface area contributed by atoms with Crippen LogP contribution < -0.4 is 0 Å². The lowest BCUT2D eigenvalue weighted by atomic mass is 10.3. The number of allylic oxidation sites excluding steroid dienone is 2. The van der Waals surface area contributed by atoms with Gasteiger partial charge in [-0.3, -0.25) is 0 Å². The van der Waals surface area contributed by atoms with Gasteiger partial charge >= 0.3 is 0 Å². The number of hydrogen-bond acceptors (Lipinski definition) is 0. The van der Waals surface area contributed by atoms with E-state index in [9.17, 15) is 0 Å². The van der Waals surface area contributed by atoms with Gasteiger partial charge in [0, 0.05) is 9.52 Å².